The number of hydrogen-bond acceptors (Lipinski definition) is 5. The molecule has 0 saturated carbocycles. The molecule has 208 valence electrons. The first-order chi connectivity index (χ1) is 18.7. The number of methoxy groups -OCH3 is 1. The number of hydrogen-bond donors (Lipinski definition) is 1. The molecule has 1 N–H and O–H groups in total. The number of unbranched alkanes of at least 4 members (excludes halogenated alkanes) is 1. The van der Waals surface area contributed by atoms with Crippen molar-refractivity contribution in [3.63, 3.8) is 0 Å². The first kappa shape index (κ1) is 29.7. The highest BCUT2D eigenvalue weighted by molar-refractivity contribution is 7.92. The van der Waals surface area contributed by atoms with Crippen LogP contribution in [0.15, 0.2) is 83.8 Å². The Hall–Kier alpha value is -3.85. The van der Waals surface area contributed by atoms with Crippen molar-refractivity contribution in [2.45, 2.75) is 51.1 Å². The second kappa shape index (κ2) is 13.8. The van der Waals surface area contributed by atoms with Crippen LogP contribution in [0.5, 0.6) is 5.75 Å². The van der Waals surface area contributed by atoms with Crippen molar-refractivity contribution in [3.05, 3.63) is 90.0 Å². The number of ether oxygens (including phenoxy) is 1. The van der Waals surface area contributed by atoms with Crippen LogP contribution in [0.3, 0.4) is 0 Å². The van der Waals surface area contributed by atoms with E-state index < -0.39 is 28.5 Å². The summed E-state index contributed by atoms with van der Waals surface area (Å²) in [7, 11) is -2.71. The quantitative estimate of drug-likeness (QED) is 0.315. The zero-order valence-corrected chi connectivity index (χ0v) is 23.8. The van der Waals surface area contributed by atoms with Gasteiger partial charge in [0.1, 0.15) is 18.3 Å². The number of para-hydroxylation sites is 2. The van der Waals surface area contributed by atoms with Gasteiger partial charge in [-0.3, -0.25) is 13.9 Å². The lowest BCUT2D eigenvalue weighted by atomic mass is 10.1. The molecule has 0 aliphatic carbocycles. The molecule has 0 spiro atoms. The molecule has 0 saturated heterocycles. The monoisotopic (exact) mass is 551 g/mol. The number of amides is 2. The molecule has 39 heavy (non-hydrogen) atoms. The minimum absolute atomic E-state index is 0.0412. The van der Waals surface area contributed by atoms with E-state index >= 15 is 0 Å². The van der Waals surface area contributed by atoms with Crippen LogP contribution in [0.1, 0.15) is 37.8 Å². The van der Waals surface area contributed by atoms with Crippen molar-refractivity contribution in [1.82, 2.24) is 10.2 Å². The summed E-state index contributed by atoms with van der Waals surface area (Å²) in [5.41, 5.74) is 2.06. The fourth-order valence-corrected chi connectivity index (χ4v) is 5.60. The standard InChI is InChI=1S/C30H37N3O5S/c1-5-6-20-31-30(35)24(3)32(21-25-15-11-10-14-23(25)2)29(34)22-33(27-18-12-13-19-28(27)38-4)39(36,37)26-16-8-7-9-17-26/h7-19,24H,5-6,20-22H2,1-4H3,(H,31,35)/t24-/m0/s1. The van der Waals surface area contributed by atoms with Gasteiger partial charge in [-0.15, -0.1) is 0 Å². The van der Waals surface area contributed by atoms with Crippen LogP contribution in [0.4, 0.5) is 5.69 Å². The fourth-order valence-electron chi connectivity index (χ4n) is 4.16. The highest BCUT2D eigenvalue weighted by Gasteiger charge is 2.33. The number of aryl methyl sites for hydroxylation is 1. The summed E-state index contributed by atoms with van der Waals surface area (Å²) in [6.07, 6.45) is 1.74. The summed E-state index contributed by atoms with van der Waals surface area (Å²) < 4.78 is 34.2. The molecule has 0 aromatic heterocycles. The van der Waals surface area contributed by atoms with Crippen LogP contribution < -0.4 is 14.4 Å². The Bertz CT molecular complexity index is 1360. The third kappa shape index (κ3) is 7.38. The average molecular weight is 552 g/mol. The van der Waals surface area contributed by atoms with E-state index in [0.717, 1.165) is 28.3 Å². The largest absolute Gasteiger partial charge is 0.495 e. The molecule has 8 nitrogen and oxygen atoms in total. The van der Waals surface area contributed by atoms with Gasteiger partial charge in [-0.05, 0) is 55.7 Å². The van der Waals surface area contributed by atoms with E-state index in [-0.39, 0.29) is 23.0 Å². The molecule has 0 radical (unpaired) electrons. The first-order valence-corrected chi connectivity index (χ1v) is 14.5. The maximum Gasteiger partial charge on any atom is 0.264 e. The number of benzene rings is 3. The Labute approximate surface area is 231 Å². The topological polar surface area (TPSA) is 96.0 Å². The molecule has 0 unspecified atom stereocenters. The van der Waals surface area contributed by atoms with Crippen LogP contribution in [0.2, 0.25) is 0 Å². The van der Waals surface area contributed by atoms with Gasteiger partial charge in [0.2, 0.25) is 11.8 Å². The van der Waals surface area contributed by atoms with E-state index in [1.807, 2.05) is 38.1 Å². The lowest BCUT2D eigenvalue weighted by molar-refractivity contribution is -0.139. The Balaban J connectivity index is 2.03. The van der Waals surface area contributed by atoms with Crippen molar-refractivity contribution >= 4 is 27.5 Å². The minimum Gasteiger partial charge on any atom is -0.495 e. The van der Waals surface area contributed by atoms with Crippen molar-refractivity contribution in [3.8, 4) is 5.75 Å². The van der Waals surface area contributed by atoms with Gasteiger partial charge < -0.3 is 15.0 Å². The molecular weight excluding hydrogens is 514 g/mol. The Kier molecular flexibility index (Phi) is 10.5. The molecule has 3 rings (SSSR count). The fraction of sp³-hybridized carbons (Fsp3) is 0.333. The maximum absolute atomic E-state index is 14.0. The van der Waals surface area contributed by atoms with Gasteiger partial charge >= 0.3 is 0 Å². The van der Waals surface area contributed by atoms with Crippen LogP contribution in [-0.4, -0.2) is 51.4 Å². The van der Waals surface area contributed by atoms with E-state index in [1.165, 1.54) is 24.1 Å². The van der Waals surface area contributed by atoms with E-state index in [1.54, 1.807) is 49.4 Å². The first-order valence-electron chi connectivity index (χ1n) is 13.0. The lowest BCUT2D eigenvalue weighted by Gasteiger charge is -2.32. The molecule has 0 aliphatic heterocycles. The number of nitrogens with zero attached hydrogens (tertiary/aromatic N) is 2. The molecule has 3 aromatic rings. The molecule has 3 aromatic carbocycles. The summed E-state index contributed by atoms with van der Waals surface area (Å²) >= 11 is 0. The highest BCUT2D eigenvalue weighted by atomic mass is 32.2. The molecule has 9 heteroatoms. The summed E-state index contributed by atoms with van der Waals surface area (Å²) in [6.45, 7) is 5.77. The van der Waals surface area contributed by atoms with Crippen LogP contribution >= 0.6 is 0 Å². The third-order valence-electron chi connectivity index (χ3n) is 6.56. The average Bonchev–Trinajstić information content (AvgIpc) is 2.95. The Morgan fingerprint density at radius 3 is 2.26 bits per heavy atom. The second-order valence-corrected chi connectivity index (χ2v) is 11.1. The summed E-state index contributed by atoms with van der Waals surface area (Å²) in [5, 5.41) is 2.89. The van der Waals surface area contributed by atoms with E-state index in [4.69, 9.17) is 4.74 Å². The van der Waals surface area contributed by atoms with Crippen molar-refractivity contribution in [2.24, 2.45) is 0 Å². The molecule has 0 fully saturated rings. The van der Waals surface area contributed by atoms with E-state index in [9.17, 15) is 18.0 Å². The number of carbonyl (C=O) groups excluding carboxylic acids is 2. The van der Waals surface area contributed by atoms with Crippen LogP contribution in [-0.2, 0) is 26.2 Å². The van der Waals surface area contributed by atoms with Crippen LogP contribution in [0, 0.1) is 6.92 Å². The van der Waals surface area contributed by atoms with Gasteiger partial charge in [-0.25, -0.2) is 8.42 Å². The molecule has 0 heterocycles. The predicted molar refractivity (Wildman–Crippen MR) is 153 cm³/mol. The highest BCUT2D eigenvalue weighted by Crippen LogP contribution is 2.32. The maximum atomic E-state index is 14.0. The molecule has 1 atom stereocenters. The van der Waals surface area contributed by atoms with Gasteiger partial charge in [-0.1, -0.05) is 67.9 Å². The third-order valence-corrected chi connectivity index (χ3v) is 8.34. The Morgan fingerprint density at radius 2 is 1.59 bits per heavy atom. The SMILES string of the molecule is CCCCNC(=O)[C@H](C)N(Cc1ccccc1C)C(=O)CN(c1ccccc1OC)S(=O)(=O)c1ccccc1. The number of rotatable bonds is 13. The van der Waals surface area contributed by atoms with Crippen molar-refractivity contribution in [1.29, 1.82) is 0 Å². The van der Waals surface area contributed by atoms with Crippen molar-refractivity contribution < 1.29 is 22.7 Å². The second-order valence-electron chi connectivity index (χ2n) is 9.27. The van der Waals surface area contributed by atoms with E-state index in [2.05, 4.69) is 5.32 Å². The lowest BCUT2D eigenvalue weighted by Crippen LogP contribution is -2.51. The van der Waals surface area contributed by atoms with Gasteiger partial charge in [0.05, 0.1) is 17.7 Å². The molecular formula is C30H37N3O5S. The zero-order valence-electron chi connectivity index (χ0n) is 23.0. The molecule has 2 amide bonds. The minimum atomic E-state index is -4.15. The number of anilines is 1. The zero-order chi connectivity index (χ0) is 28.4. The van der Waals surface area contributed by atoms with Gasteiger partial charge in [0, 0.05) is 13.1 Å². The smallest absolute Gasteiger partial charge is 0.264 e. The number of nitrogens with one attached hydrogen (secondary N) is 1. The number of sulfonamides is 1. The summed E-state index contributed by atoms with van der Waals surface area (Å²) in [6, 6.07) is 21.4. The van der Waals surface area contributed by atoms with Crippen molar-refractivity contribution in [2.75, 3.05) is 24.5 Å². The predicted octanol–water partition coefficient (Wildman–Crippen LogP) is 4.53. The Morgan fingerprint density at radius 1 is 0.949 bits per heavy atom. The normalized spacial score (nSPS) is 11.9. The van der Waals surface area contributed by atoms with E-state index in [0.29, 0.717) is 12.3 Å². The molecule has 0 aliphatic rings. The number of carbonyl (C=O) groups is 2. The summed E-state index contributed by atoms with van der Waals surface area (Å²) in [4.78, 5) is 28.5. The van der Waals surface area contributed by atoms with Crippen LogP contribution in [0.25, 0.3) is 0 Å². The van der Waals surface area contributed by atoms with Gasteiger partial charge in [0.15, 0.2) is 0 Å². The molecule has 0 bridgehead atoms. The van der Waals surface area contributed by atoms with Gasteiger partial charge in [-0.2, -0.15) is 0 Å². The van der Waals surface area contributed by atoms with Gasteiger partial charge in [0.25, 0.3) is 10.0 Å². The summed E-state index contributed by atoms with van der Waals surface area (Å²) in [5.74, 6) is -0.498.